The molecule has 0 unspecified atom stereocenters. The van der Waals surface area contributed by atoms with Gasteiger partial charge in [0, 0.05) is 67.6 Å². The molecule has 0 saturated heterocycles. The van der Waals surface area contributed by atoms with Crippen molar-refractivity contribution in [3.8, 4) is 0 Å². The Morgan fingerprint density at radius 3 is 1.05 bits per heavy atom. The maximum Gasteiger partial charge on any atom is 0.302 e. The highest BCUT2D eigenvalue weighted by Crippen LogP contribution is 1.84. The number of aliphatic hydroxyl groups excluding tert-OH is 4. The number of rotatable bonds is 11. The zero-order valence-electron chi connectivity index (χ0n) is 24.4. The van der Waals surface area contributed by atoms with Gasteiger partial charge in [0.25, 0.3) is 0 Å². The van der Waals surface area contributed by atoms with Gasteiger partial charge >= 0.3 is 17.9 Å². The van der Waals surface area contributed by atoms with Crippen LogP contribution in [0.4, 0.5) is 0 Å². The molecule has 0 aliphatic rings. The van der Waals surface area contributed by atoms with Crippen LogP contribution in [0.1, 0.15) is 60.8 Å². The lowest BCUT2D eigenvalue weighted by Gasteiger charge is -2.00. The van der Waals surface area contributed by atoms with Crippen LogP contribution in [0.15, 0.2) is 0 Å². The number of nitrogens with one attached hydrogen (secondary N) is 3. The summed E-state index contributed by atoms with van der Waals surface area (Å²) in [4.78, 5) is 70.8. The van der Waals surface area contributed by atoms with E-state index in [1.807, 2.05) is 5.32 Å². The molecule has 41 heavy (non-hydrogen) atoms. The molecule has 0 radical (unpaired) electrons. The fourth-order valence-corrected chi connectivity index (χ4v) is 1.33. The third-order valence-corrected chi connectivity index (χ3v) is 2.82. The molecule has 0 saturated carbocycles. The van der Waals surface area contributed by atoms with Crippen molar-refractivity contribution in [2.75, 3.05) is 46.5 Å². The SMILES string of the molecule is CC(=O)NC(=O)CCOC(C)=O.CC(=O)NCO.CC(=O)NCO.CC(=O)OCCCO.CC(=O)OCCCO.[OH-]. The molecule has 0 spiro atoms. The standard InChI is InChI=1S/C7H11NO4.2C5H10O3.2C3H7NO2.H2O/c1-5(9)8-7(11)3-4-12-6(2)10;2*1-5(7)8-4-2-3-6;2*1-3(6)4-2-5;/h3-4H2,1-2H3,(H,8,9,11);2*6H,2-4H2,1H3;2*5H,2H2,1H3,(H,4,6);1H2/p-1. The second-order valence-corrected chi connectivity index (χ2v) is 6.81. The van der Waals surface area contributed by atoms with Crippen molar-refractivity contribution in [2.24, 2.45) is 0 Å². The molecule has 244 valence electrons. The average molecular weight is 605 g/mol. The second kappa shape index (κ2) is 40.8. The van der Waals surface area contributed by atoms with Gasteiger partial charge < -0.3 is 50.7 Å². The molecule has 0 fully saturated rings. The van der Waals surface area contributed by atoms with Crippen LogP contribution in [0.25, 0.3) is 0 Å². The van der Waals surface area contributed by atoms with Crippen molar-refractivity contribution in [2.45, 2.75) is 60.8 Å². The van der Waals surface area contributed by atoms with Gasteiger partial charge in [-0.2, -0.15) is 0 Å². The first-order valence-electron chi connectivity index (χ1n) is 11.7. The largest absolute Gasteiger partial charge is 0.870 e. The van der Waals surface area contributed by atoms with Crippen LogP contribution in [0.5, 0.6) is 0 Å². The Hall–Kier alpha value is -3.71. The van der Waals surface area contributed by atoms with Gasteiger partial charge in [0.2, 0.25) is 23.6 Å². The van der Waals surface area contributed by atoms with Gasteiger partial charge in [-0.15, -0.1) is 0 Å². The molecule has 0 aromatic heterocycles. The Balaban J connectivity index is -0.0000000953. The van der Waals surface area contributed by atoms with Crippen LogP contribution < -0.4 is 16.0 Å². The molecule has 0 aliphatic heterocycles. The number of aliphatic hydroxyl groups is 4. The molecule has 18 heteroatoms. The number of hydrogen-bond acceptors (Lipinski definition) is 15. The Kier molecular flexibility index (Phi) is 49.9. The Labute approximate surface area is 239 Å². The van der Waals surface area contributed by atoms with Gasteiger partial charge in [-0.25, -0.2) is 0 Å². The predicted octanol–water partition coefficient (Wildman–Crippen LogP) is -2.57. The number of imide groups is 1. The van der Waals surface area contributed by atoms with E-state index in [1.54, 1.807) is 0 Å². The lowest BCUT2D eigenvalue weighted by atomic mass is 10.4. The summed E-state index contributed by atoms with van der Waals surface area (Å²) in [5, 5.41) is 38.5. The van der Waals surface area contributed by atoms with Gasteiger partial charge in [-0.3, -0.25) is 38.9 Å². The molecular weight excluding hydrogens is 558 g/mol. The Morgan fingerprint density at radius 2 is 0.854 bits per heavy atom. The Morgan fingerprint density at radius 1 is 0.537 bits per heavy atom. The lowest BCUT2D eigenvalue weighted by molar-refractivity contribution is -0.143. The fourth-order valence-electron chi connectivity index (χ4n) is 1.33. The van der Waals surface area contributed by atoms with E-state index in [0.717, 1.165) is 0 Å². The fraction of sp³-hybridized carbons (Fsp3) is 0.696. The molecule has 0 atom stereocenters. The second-order valence-electron chi connectivity index (χ2n) is 6.81. The van der Waals surface area contributed by atoms with Crippen LogP contribution in [-0.4, -0.2) is 114 Å². The van der Waals surface area contributed by atoms with Crippen LogP contribution in [0.3, 0.4) is 0 Å². The summed E-state index contributed by atoms with van der Waals surface area (Å²) in [5.41, 5.74) is 0. The summed E-state index contributed by atoms with van der Waals surface area (Å²) in [6, 6.07) is 0. The molecule has 8 N–H and O–H groups in total. The number of amides is 4. The minimum Gasteiger partial charge on any atom is -0.870 e. The van der Waals surface area contributed by atoms with Crippen molar-refractivity contribution in [3.63, 3.8) is 0 Å². The van der Waals surface area contributed by atoms with E-state index in [0.29, 0.717) is 26.1 Å². The minimum atomic E-state index is -0.441. The van der Waals surface area contributed by atoms with E-state index < -0.39 is 17.8 Å². The van der Waals surface area contributed by atoms with Crippen molar-refractivity contribution in [3.05, 3.63) is 0 Å². The predicted molar refractivity (Wildman–Crippen MR) is 140 cm³/mol. The minimum absolute atomic E-state index is 0. The highest BCUT2D eigenvalue weighted by atomic mass is 16.5. The van der Waals surface area contributed by atoms with Gasteiger partial charge in [0.05, 0.1) is 19.6 Å². The van der Waals surface area contributed by atoms with Crippen molar-refractivity contribution in [1.82, 2.24) is 16.0 Å². The highest BCUT2D eigenvalue weighted by molar-refractivity contribution is 5.94. The van der Waals surface area contributed by atoms with E-state index in [9.17, 15) is 33.6 Å². The molecule has 0 bridgehead atoms. The van der Waals surface area contributed by atoms with Crippen LogP contribution in [-0.2, 0) is 47.8 Å². The van der Waals surface area contributed by atoms with E-state index in [-0.39, 0.29) is 68.9 Å². The van der Waals surface area contributed by atoms with Crippen LogP contribution >= 0.6 is 0 Å². The molecule has 4 amide bonds. The summed E-state index contributed by atoms with van der Waals surface area (Å²) in [6.07, 6.45) is 1.07. The normalized spacial score (nSPS) is 8.24. The van der Waals surface area contributed by atoms with E-state index >= 15 is 0 Å². The monoisotopic (exact) mass is 604 g/mol. The average Bonchev–Trinajstić information content (AvgIpc) is 2.80. The molecule has 0 aromatic carbocycles. The van der Waals surface area contributed by atoms with Crippen molar-refractivity contribution in [1.29, 1.82) is 0 Å². The molecule has 18 nitrogen and oxygen atoms in total. The maximum absolute atomic E-state index is 10.7. The van der Waals surface area contributed by atoms with E-state index in [1.165, 1.54) is 41.5 Å². The van der Waals surface area contributed by atoms with Gasteiger partial charge in [-0.05, 0) is 0 Å². The summed E-state index contributed by atoms with van der Waals surface area (Å²) >= 11 is 0. The lowest BCUT2D eigenvalue weighted by Crippen LogP contribution is -2.28. The van der Waals surface area contributed by atoms with Gasteiger partial charge in [0.1, 0.15) is 20.1 Å². The zero-order valence-corrected chi connectivity index (χ0v) is 24.4. The van der Waals surface area contributed by atoms with Gasteiger partial charge in [-0.1, -0.05) is 0 Å². The molecule has 0 heterocycles. The first-order chi connectivity index (χ1) is 18.6. The number of esters is 3. The summed E-state index contributed by atoms with van der Waals surface area (Å²) in [5.74, 6) is -2.30. The smallest absolute Gasteiger partial charge is 0.302 e. The quantitative estimate of drug-likeness (QED) is 0.0552. The summed E-state index contributed by atoms with van der Waals surface area (Å²) in [6.45, 7) is 8.14. The Bertz CT molecular complexity index is 668. The number of carbonyl (C=O) groups is 7. The maximum atomic E-state index is 10.7. The van der Waals surface area contributed by atoms with E-state index in [4.69, 9.17) is 20.4 Å². The topological polar surface area (TPSA) is 294 Å². The summed E-state index contributed by atoms with van der Waals surface area (Å²) < 4.78 is 13.4. The van der Waals surface area contributed by atoms with Crippen molar-refractivity contribution >= 4 is 41.5 Å². The number of hydrogen-bond donors (Lipinski definition) is 7. The molecule has 0 aromatic rings. The third-order valence-electron chi connectivity index (χ3n) is 2.82. The van der Waals surface area contributed by atoms with Gasteiger partial charge in [0.15, 0.2) is 0 Å². The van der Waals surface area contributed by atoms with Crippen LogP contribution in [0, 0.1) is 0 Å². The van der Waals surface area contributed by atoms with Crippen molar-refractivity contribution < 1.29 is 73.7 Å². The number of carbonyl (C=O) groups excluding carboxylic acids is 7. The first-order valence-corrected chi connectivity index (χ1v) is 11.7. The first kappa shape index (κ1) is 50.2. The third kappa shape index (κ3) is 85.9. The van der Waals surface area contributed by atoms with E-state index in [2.05, 4.69) is 24.8 Å². The zero-order chi connectivity index (χ0) is 32.4. The molecule has 0 aliphatic carbocycles. The summed E-state index contributed by atoms with van der Waals surface area (Å²) in [7, 11) is 0. The molecule has 0 rings (SSSR count). The highest BCUT2D eigenvalue weighted by Gasteiger charge is 2.03. The molecular formula is C23H46N3O15-. The van der Waals surface area contributed by atoms with Crippen LogP contribution in [0.2, 0.25) is 0 Å². The number of ether oxygens (including phenoxy) is 3.